The lowest BCUT2D eigenvalue weighted by Crippen LogP contribution is -2.52. The Labute approximate surface area is 147 Å². The third-order valence-electron chi connectivity index (χ3n) is 8.93. The molecule has 0 bridgehead atoms. The second-order valence-corrected chi connectivity index (χ2v) is 10.5. The molecular weight excluding hydrogens is 296 g/mol. The van der Waals surface area contributed by atoms with Gasteiger partial charge in [0.15, 0.2) is 0 Å². The predicted octanol–water partition coefficient (Wildman–Crippen LogP) is 4.70. The van der Waals surface area contributed by atoms with Crippen LogP contribution in [-0.2, 0) is 0 Å². The first-order valence-electron chi connectivity index (χ1n) is 10.3. The smallest absolute Gasteiger partial charge is 0.0625 e. The van der Waals surface area contributed by atoms with Gasteiger partial charge in [0, 0.05) is 0 Å². The molecule has 3 saturated carbocycles. The number of aliphatic hydroxyl groups is 2. The van der Waals surface area contributed by atoms with Gasteiger partial charge >= 0.3 is 0 Å². The van der Waals surface area contributed by atoms with E-state index in [4.69, 9.17) is 0 Å². The Morgan fingerprint density at radius 3 is 2.50 bits per heavy atom. The predicted molar refractivity (Wildman–Crippen MR) is 97.5 cm³/mol. The van der Waals surface area contributed by atoms with E-state index in [-0.39, 0.29) is 6.10 Å². The molecule has 136 valence electrons. The zero-order chi connectivity index (χ0) is 17.3. The first kappa shape index (κ1) is 17.1. The molecule has 0 aromatic heterocycles. The number of hydrogen-bond donors (Lipinski definition) is 2. The minimum atomic E-state index is -0.551. The van der Waals surface area contributed by atoms with Crippen molar-refractivity contribution in [2.45, 2.75) is 90.8 Å². The highest BCUT2D eigenvalue weighted by Crippen LogP contribution is 2.67. The van der Waals surface area contributed by atoms with Crippen molar-refractivity contribution < 1.29 is 10.2 Å². The van der Waals surface area contributed by atoms with Gasteiger partial charge in [0.25, 0.3) is 0 Å². The van der Waals surface area contributed by atoms with Crippen molar-refractivity contribution in [2.24, 2.45) is 34.5 Å². The fourth-order valence-corrected chi connectivity index (χ4v) is 7.80. The van der Waals surface area contributed by atoms with Crippen LogP contribution in [0.3, 0.4) is 0 Å². The number of aliphatic hydroxyl groups excluding tert-OH is 1. The van der Waals surface area contributed by atoms with E-state index in [0.29, 0.717) is 16.7 Å². The van der Waals surface area contributed by atoms with Crippen molar-refractivity contribution in [3.8, 4) is 0 Å². The average Bonchev–Trinajstić information content (AvgIpc) is 2.85. The van der Waals surface area contributed by atoms with Crippen LogP contribution < -0.4 is 0 Å². The second-order valence-electron chi connectivity index (χ2n) is 10.5. The third kappa shape index (κ3) is 2.28. The molecule has 4 unspecified atom stereocenters. The maximum absolute atomic E-state index is 10.7. The zero-order valence-electron chi connectivity index (χ0n) is 16.0. The maximum atomic E-state index is 10.7. The van der Waals surface area contributed by atoms with E-state index in [0.717, 1.165) is 30.6 Å². The molecule has 2 nitrogen and oxygen atoms in total. The monoisotopic (exact) mass is 332 g/mol. The fourth-order valence-electron chi connectivity index (χ4n) is 7.80. The largest absolute Gasteiger partial charge is 0.393 e. The van der Waals surface area contributed by atoms with Crippen LogP contribution in [0.4, 0.5) is 0 Å². The summed E-state index contributed by atoms with van der Waals surface area (Å²) < 4.78 is 0. The molecule has 3 fully saturated rings. The number of allylic oxidation sites excluding steroid dienone is 1. The van der Waals surface area contributed by atoms with Crippen molar-refractivity contribution in [3.63, 3.8) is 0 Å². The normalized spacial score (nSPS) is 51.4. The molecule has 0 aliphatic heterocycles. The summed E-state index contributed by atoms with van der Waals surface area (Å²) in [5.74, 6) is 2.81. The summed E-state index contributed by atoms with van der Waals surface area (Å²) in [5.41, 5.74) is 1.65. The summed E-state index contributed by atoms with van der Waals surface area (Å²) in [6.45, 7) is 9.03. The van der Waals surface area contributed by atoms with Gasteiger partial charge in [-0.1, -0.05) is 25.5 Å². The molecule has 0 radical (unpaired) electrons. The molecule has 0 aromatic rings. The molecule has 24 heavy (non-hydrogen) atoms. The number of rotatable bonds is 1. The molecule has 2 heteroatoms. The van der Waals surface area contributed by atoms with Crippen molar-refractivity contribution in [2.75, 3.05) is 0 Å². The maximum Gasteiger partial charge on any atom is 0.0625 e. The summed E-state index contributed by atoms with van der Waals surface area (Å²) in [7, 11) is 0. The molecule has 0 heterocycles. The molecule has 0 saturated heterocycles. The molecule has 0 spiro atoms. The van der Waals surface area contributed by atoms with Gasteiger partial charge in [-0.3, -0.25) is 0 Å². The Kier molecular flexibility index (Phi) is 3.80. The van der Waals surface area contributed by atoms with Gasteiger partial charge in [0.05, 0.1) is 11.7 Å². The summed E-state index contributed by atoms with van der Waals surface area (Å²) in [6.07, 6.45) is 11.7. The minimum absolute atomic E-state index is 0.110. The first-order chi connectivity index (χ1) is 11.2. The van der Waals surface area contributed by atoms with Crippen molar-refractivity contribution >= 4 is 0 Å². The lowest BCUT2D eigenvalue weighted by atomic mass is 9.47. The Morgan fingerprint density at radius 1 is 1.04 bits per heavy atom. The van der Waals surface area contributed by atoms with Gasteiger partial charge in [-0.15, -0.1) is 0 Å². The van der Waals surface area contributed by atoms with Crippen LogP contribution in [0.25, 0.3) is 0 Å². The van der Waals surface area contributed by atoms with E-state index < -0.39 is 5.60 Å². The van der Waals surface area contributed by atoms with Crippen molar-refractivity contribution in [1.82, 2.24) is 0 Å². The molecule has 0 amide bonds. The highest BCUT2D eigenvalue weighted by Gasteiger charge is 2.60. The SMILES string of the molecule is CC(C)(O)[C@H]1CC[C@H]2C3CC=C4CC(O)CCC4(C)[C@H]3CCC12C. The summed E-state index contributed by atoms with van der Waals surface area (Å²) in [6, 6.07) is 0. The first-order valence-corrected chi connectivity index (χ1v) is 10.3. The number of hydrogen-bond acceptors (Lipinski definition) is 2. The van der Waals surface area contributed by atoms with E-state index in [1.807, 2.05) is 13.8 Å². The van der Waals surface area contributed by atoms with E-state index in [1.165, 1.54) is 38.5 Å². The summed E-state index contributed by atoms with van der Waals surface area (Å²) in [4.78, 5) is 0. The average molecular weight is 333 g/mol. The van der Waals surface area contributed by atoms with E-state index in [9.17, 15) is 10.2 Å². The van der Waals surface area contributed by atoms with E-state index in [1.54, 1.807) is 5.57 Å². The van der Waals surface area contributed by atoms with Gasteiger partial charge in [0.1, 0.15) is 0 Å². The van der Waals surface area contributed by atoms with Crippen LogP contribution >= 0.6 is 0 Å². The van der Waals surface area contributed by atoms with Crippen molar-refractivity contribution in [1.29, 1.82) is 0 Å². The third-order valence-corrected chi connectivity index (χ3v) is 8.93. The van der Waals surface area contributed by atoms with Crippen LogP contribution in [0.5, 0.6) is 0 Å². The van der Waals surface area contributed by atoms with Gasteiger partial charge in [-0.2, -0.15) is 0 Å². The molecule has 0 aromatic carbocycles. The fraction of sp³-hybridized carbons (Fsp3) is 0.909. The Balaban J connectivity index is 1.65. The molecular formula is C22H36O2. The van der Waals surface area contributed by atoms with Crippen LogP contribution in [0.15, 0.2) is 11.6 Å². The Bertz CT molecular complexity index is 545. The zero-order valence-corrected chi connectivity index (χ0v) is 16.0. The molecule has 4 rings (SSSR count). The van der Waals surface area contributed by atoms with Crippen LogP contribution in [0.1, 0.15) is 79.1 Å². The molecule has 2 N–H and O–H groups in total. The Morgan fingerprint density at radius 2 is 1.79 bits per heavy atom. The van der Waals surface area contributed by atoms with Gasteiger partial charge in [-0.05, 0) is 99.7 Å². The molecule has 7 atom stereocenters. The summed E-state index contributed by atoms with van der Waals surface area (Å²) >= 11 is 0. The van der Waals surface area contributed by atoms with Gasteiger partial charge < -0.3 is 10.2 Å². The molecule has 4 aliphatic carbocycles. The lowest BCUT2D eigenvalue weighted by molar-refractivity contribution is -0.0948. The lowest BCUT2D eigenvalue weighted by Gasteiger charge is -2.58. The van der Waals surface area contributed by atoms with E-state index >= 15 is 0 Å². The number of fused-ring (bicyclic) bond motifs is 5. The second kappa shape index (κ2) is 5.33. The standard InChI is InChI=1S/C22H36O2/c1-20(2,24)19-8-7-17-16-6-5-14-13-15(23)9-11-21(14,3)18(16)10-12-22(17,19)4/h5,15-19,23-24H,6-13H2,1-4H3/t15?,16?,17-,18-,19+,21?,22?/m0/s1. The van der Waals surface area contributed by atoms with Crippen molar-refractivity contribution in [3.05, 3.63) is 11.6 Å². The van der Waals surface area contributed by atoms with Crippen LogP contribution in [-0.4, -0.2) is 21.9 Å². The highest BCUT2D eigenvalue weighted by atomic mass is 16.3. The van der Waals surface area contributed by atoms with Gasteiger partial charge in [0.2, 0.25) is 0 Å². The topological polar surface area (TPSA) is 40.5 Å². The van der Waals surface area contributed by atoms with Crippen LogP contribution in [0.2, 0.25) is 0 Å². The Hall–Kier alpha value is -0.340. The van der Waals surface area contributed by atoms with Gasteiger partial charge in [-0.25, -0.2) is 0 Å². The molecule has 4 aliphatic rings. The van der Waals surface area contributed by atoms with Crippen LogP contribution in [0, 0.1) is 34.5 Å². The minimum Gasteiger partial charge on any atom is -0.393 e. The highest BCUT2D eigenvalue weighted by molar-refractivity contribution is 5.25. The quantitative estimate of drug-likeness (QED) is 0.683. The summed E-state index contributed by atoms with van der Waals surface area (Å²) in [5, 5.41) is 20.9. The van der Waals surface area contributed by atoms with E-state index in [2.05, 4.69) is 19.9 Å².